The summed E-state index contributed by atoms with van der Waals surface area (Å²) in [4.78, 5) is 26.9. The fourth-order valence-corrected chi connectivity index (χ4v) is 2.57. The van der Waals surface area contributed by atoms with Crippen molar-refractivity contribution in [1.82, 2.24) is 21.2 Å². The molecule has 22 heavy (non-hydrogen) atoms. The highest BCUT2D eigenvalue weighted by Gasteiger charge is 2.48. The lowest BCUT2D eigenvalue weighted by Gasteiger charge is -2.15. The lowest BCUT2D eigenvalue weighted by Crippen LogP contribution is -2.50. The van der Waals surface area contributed by atoms with E-state index in [1.54, 1.807) is 18.3 Å². The van der Waals surface area contributed by atoms with Crippen LogP contribution in [0, 0.1) is 10.1 Å². The van der Waals surface area contributed by atoms with E-state index in [9.17, 15) is 14.9 Å². The Hall–Kier alpha value is -1.77. The second kappa shape index (κ2) is 7.48. The molecule has 120 valence electrons. The smallest absolute Gasteiger partial charge is 0.254 e. The van der Waals surface area contributed by atoms with Crippen LogP contribution in [0.1, 0.15) is 25.3 Å². The third-order valence-electron chi connectivity index (χ3n) is 3.56. The normalized spacial score (nSPS) is 24.2. The molecule has 0 aliphatic carbocycles. The number of halogens is 1. The first-order valence-corrected chi connectivity index (χ1v) is 7.43. The second-order valence-corrected chi connectivity index (χ2v) is 5.53. The fourth-order valence-electron chi connectivity index (χ4n) is 2.45. The van der Waals surface area contributed by atoms with Gasteiger partial charge in [-0.1, -0.05) is 31.0 Å². The summed E-state index contributed by atoms with van der Waals surface area (Å²) >= 11 is 5.69. The van der Waals surface area contributed by atoms with Crippen LogP contribution in [0.3, 0.4) is 0 Å². The molecular formula is C13H18ClN5O3. The van der Waals surface area contributed by atoms with Crippen LogP contribution in [0.2, 0.25) is 5.15 Å². The molecule has 3 atom stereocenters. The van der Waals surface area contributed by atoms with Crippen molar-refractivity contribution in [3.05, 3.63) is 39.2 Å². The summed E-state index contributed by atoms with van der Waals surface area (Å²) in [6, 6.07) is 1.12. The number of nitrogens with one attached hydrogen (secondary N) is 3. The van der Waals surface area contributed by atoms with Crippen LogP contribution in [0.25, 0.3) is 0 Å². The SMILES string of the molecule is CCCC1NNC(C(=O)NCc2ccc(Cl)nc2)C1[N+](=O)[O-]. The standard InChI is InChI=1S/C13H18ClN5O3/c1-2-3-9-12(19(21)22)11(18-17-9)13(20)16-7-8-4-5-10(14)15-6-8/h4-6,9,11-12,17-18H,2-3,7H2,1H3,(H,16,20). The molecule has 1 aliphatic rings. The van der Waals surface area contributed by atoms with Crippen molar-refractivity contribution in [3.8, 4) is 0 Å². The molecular weight excluding hydrogens is 310 g/mol. The number of pyridine rings is 1. The molecule has 1 aliphatic heterocycles. The Labute approximate surface area is 132 Å². The molecule has 3 unspecified atom stereocenters. The minimum absolute atomic E-state index is 0.240. The number of hydrazine groups is 1. The molecule has 0 spiro atoms. The van der Waals surface area contributed by atoms with Crippen LogP contribution in [0.4, 0.5) is 0 Å². The van der Waals surface area contributed by atoms with Gasteiger partial charge in [-0.05, 0) is 18.1 Å². The summed E-state index contributed by atoms with van der Waals surface area (Å²) in [6.07, 6.45) is 2.98. The molecule has 8 nitrogen and oxygen atoms in total. The molecule has 0 saturated carbocycles. The van der Waals surface area contributed by atoms with E-state index in [0.29, 0.717) is 11.6 Å². The fraction of sp³-hybridized carbons (Fsp3) is 0.538. The van der Waals surface area contributed by atoms with Crippen molar-refractivity contribution in [2.75, 3.05) is 0 Å². The van der Waals surface area contributed by atoms with Crippen LogP contribution in [0.15, 0.2) is 18.3 Å². The van der Waals surface area contributed by atoms with Gasteiger partial charge in [0.05, 0.1) is 6.04 Å². The summed E-state index contributed by atoms with van der Waals surface area (Å²) in [5, 5.41) is 14.3. The van der Waals surface area contributed by atoms with E-state index in [2.05, 4.69) is 21.2 Å². The van der Waals surface area contributed by atoms with Crippen molar-refractivity contribution in [2.45, 2.75) is 44.4 Å². The van der Waals surface area contributed by atoms with Gasteiger partial charge < -0.3 is 5.32 Å². The van der Waals surface area contributed by atoms with E-state index in [4.69, 9.17) is 11.6 Å². The van der Waals surface area contributed by atoms with Crippen LogP contribution in [-0.4, -0.2) is 33.9 Å². The highest BCUT2D eigenvalue weighted by molar-refractivity contribution is 6.29. The van der Waals surface area contributed by atoms with Gasteiger partial charge in [-0.15, -0.1) is 0 Å². The number of hydrogen-bond acceptors (Lipinski definition) is 6. The summed E-state index contributed by atoms with van der Waals surface area (Å²) in [7, 11) is 0. The molecule has 0 aromatic carbocycles. The highest BCUT2D eigenvalue weighted by Crippen LogP contribution is 2.15. The first kappa shape index (κ1) is 16.6. The van der Waals surface area contributed by atoms with Gasteiger partial charge in [0.2, 0.25) is 5.91 Å². The summed E-state index contributed by atoms with van der Waals surface area (Å²) in [5.41, 5.74) is 6.34. The third-order valence-corrected chi connectivity index (χ3v) is 3.78. The second-order valence-electron chi connectivity index (χ2n) is 5.14. The average Bonchev–Trinajstić information content (AvgIpc) is 2.91. The Morgan fingerprint density at radius 1 is 1.50 bits per heavy atom. The summed E-state index contributed by atoms with van der Waals surface area (Å²) in [5.74, 6) is -0.414. The number of hydrogen-bond donors (Lipinski definition) is 3. The Balaban J connectivity index is 1.96. The van der Waals surface area contributed by atoms with Gasteiger partial charge in [0, 0.05) is 17.7 Å². The topological polar surface area (TPSA) is 109 Å². The highest BCUT2D eigenvalue weighted by atomic mass is 35.5. The van der Waals surface area contributed by atoms with Gasteiger partial charge in [-0.2, -0.15) is 0 Å². The number of nitrogens with zero attached hydrogens (tertiary/aromatic N) is 2. The Bertz CT molecular complexity index is 539. The van der Waals surface area contributed by atoms with E-state index in [0.717, 1.165) is 12.0 Å². The minimum Gasteiger partial charge on any atom is -0.350 e. The predicted octanol–water partition coefficient (Wildman–Crippen LogP) is 0.642. The van der Waals surface area contributed by atoms with Crippen molar-refractivity contribution in [2.24, 2.45) is 0 Å². The van der Waals surface area contributed by atoms with E-state index in [-0.39, 0.29) is 12.6 Å². The molecule has 2 rings (SSSR count). The molecule has 9 heteroatoms. The molecule has 1 aromatic heterocycles. The molecule has 0 radical (unpaired) electrons. The van der Waals surface area contributed by atoms with Crippen LogP contribution < -0.4 is 16.2 Å². The van der Waals surface area contributed by atoms with E-state index < -0.39 is 22.9 Å². The first-order valence-electron chi connectivity index (χ1n) is 7.05. The lowest BCUT2D eigenvalue weighted by atomic mass is 9.99. The van der Waals surface area contributed by atoms with Gasteiger partial charge in [0.15, 0.2) is 6.04 Å². The minimum atomic E-state index is -0.983. The number of amides is 1. The maximum atomic E-state index is 12.2. The van der Waals surface area contributed by atoms with E-state index >= 15 is 0 Å². The summed E-state index contributed by atoms with van der Waals surface area (Å²) in [6.45, 7) is 2.18. The van der Waals surface area contributed by atoms with Crippen molar-refractivity contribution in [1.29, 1.82) is 0 Å². The Morgan fingerprint density at radius 3 is 2.86 bits per heavy atom. The Morgan fingerprint density at radius 2 is 2.27 bits per heavy atom. The zero-order valence-electron chi connectivity index (χ0n) is 12.1. The van der Waals surface area contributed by atoms with Gasteiger partial charge >= 0.3 is 0 Å². The Kier molecular flexibility index (Phi) is 5.64. The number of nitro groups is 1. The van der Waals surface area contributed by atoms with Crippen LogP contribution >= 0.6 is 11.6 Å². The third kappa shape index (κ3) is 3.90. The molecule has 1 fully saturated rings. The molecule has 2 heterocycles. The molecule has 1 amide bonds. The van der Waals surface area contributed by atoms with Gasteiger partial charge in [0.25, 0.3) is 6.04 Å². The van der Waals surface area contributed by atoms with E-state index in [1.807, 2.05) is 6.92 Å². The largest absolute Gasteiger partial charge is 0.350 e. The molecule has 1 aromatic rings. The molecule has 0 bridgehead atoms. The van der Waals surface area contributed by atoms with Crippen LogP contribution in [0.5, 0.6) is 0 Å². The first-order chi connectivity index (χ1) is 10.5. The van der Waals surface area contributed by atoms with Crippen molar-refractivity contribution >= 4 is 17.5 Å². The molecule has 1 saturated heterocycles. The maximum Gasteiger partial charge on any atom is 0.254 e. The maximum absolute atomic E-state index is 12.2. The van der Waals surface area contributed by atoms with Gasteiger partial charge in [-0.3, -0.25) is 14.9 Å². The lowest BCUT2D eigenvalue weighted by molar-refractivity contribution is -0.523. The van der Waals surface area contributed by atoms with E-state index in [1.165, 1.54) is 0 Å². The van der Waals surface area contributed by atoms with Gasteiger partial charge in [-0.25, -0.2) is 15.8 Å². The van der Waals surface area contributed by atoms with Crippen LogP contribution in [-0.2, 0) is 11.3 Å². The number of carbonyl (C=O) groups is 1. The van der Waals surface area contributed by atoms with Crippen molar-refractivity contribution in [3.63, 3.8) is 0 Å². The van der Waals surface area contributed by atoms with Crippen molar-refractivity contribution < 1.29 is 9.72 Å². The number of aromatic nitrogens is 1. The zero-order valence-corrected chi connectivity index (χ0v) is 12.8. The van der Waals surface area contributed by atoms with Gasteiger partial charge in [0.1, 0.15) is 5.15 Å². The summed E-state index contributed by atoms with van der Waals surface area (Å²) < 4.78 is 0. The number of rotatable bonds is 6. The quantitative estimate of drug-likeness (QED) is 0.402. The molecule has 3 N–H and O–H groups in total. The monoisotopic (exact) mass is 327 g/mol. The predicted molar refractivity (Wildman–Crippen MR) is 80.6 cm³/mol. The number of carbonyl (C=O) groups excluding carboxylic acids is 1. The zero-order chi connectivity index (χ0) is 16.1. The average molecular weight is 328 g/mol.